The zero-order valence-corrected chi connectivity index (χ0v) is 26.0. The van der Waals surface area contributed by atoms with Gasteiger partial charge in [0.1, 0.15) is 0 Å². The number of allylic oxidation sites excluding steroid dienone is 1. The summed E-state index contributed by atoms with van der Waals surface area (Å²) in [7, 11) is 0. The number of aliphatic hydroxyl groups excluding tert-OH is 1. The van der Waals surface area contributed by atoms with E-state index in [-0.39, 0.29) is 24.2 Å². The first-order valence-electron chi connectivity index (χ1n) is 13.1. The number of hydrogen-bond donors (Lipinski definition) is 3. The van der Waals surface area contributed by atoms with Crippen molar-refractivity contribution in [3.63, 3.8) is 0 Å². The summed E-state index contributed by atoms with van der Waals surface area (Å²) in [5.41, 5.74) is 6.91. The molecule has 2 aliphatic heterocycles. The number of aliphatic hydroxyl groups is 1. The van der Waals surface area contributed by atoms with E-state index in [1.165, 1.54) is 25.1 Å². The number of rotatable bonds is 7. The number of aromatic amines is 1. The SMILES string of the molecule is CC(=O)NC1CC=C(c2ccc(-c3nc4cc(O[C@H](C)[C@@H]5C[C@H](O)CO5)[nH]c4cc3I3C[I-]C3)cc2)CC1. The number of carbonyl (C=O) groups excluding carboxylic acids is 1. The molecule has 6 rings (SSSR count). The van der Waals surface area contributed by atoms with Crippen LogP contribution in [0.2, 0.25) is 0 Å². The van der Waals surface area contributed by atoms with Crippen LogP contribution in [-0.2, 0) is 9.53 Å². The molecule has 2 aromatic heterocycles. The molecular formula is C29H34I2N3O4-. The summed E-state index contributed by atoms with van der Waals surface area (Å²) in [6, 6.07) is 13.5. The molecule has 1 unspecified atom stereocenters. The summed E-state index contributed by atoms with van der Waals surface area (Å²) in [6.07, 6.45) is 5.08. The van der Waals surface area contributed by atoms with Gasteiger partial charge in [0.2, 0.25) is 0 Å². The molecular weight excluding hydrogens is 708 g/mol. The number of alkyl halides is 4. The number of fused-ring (bicyclic) bond motifs is 1. The number of nitrogens with zero attached hydrogens (tertiary/aromatic N) is 1. The van der Waals surface area contributed by atoms with Gasteiger partial charge >= 0.3 is 231 Å². The van der Waals surface area contributed by atoms with Crippen molar-refractivity contribution in [1.29, 1.82) is 0 Å². The van der Waals surface area contributed by atoms with Gasteiger partial charge in [-0.15, -0.1) is 0 Å². The second-order valence-electron chi connectivity index (χ2n) is 10.3. The van der Waals surface area contributed by atoms with E-state index in [4.69, 9.17) is 14.5 Å². The molecule has 4 heterocycles. The van der Waals surface area contributed by atoms with E-state index in [0.29, 0.717) is 40.1 Å². The molecule has 38 heavy (non-hydrogen) atoms. The van der Waals surface area contributed by atoms with Crippen molar-refractivity contribution in [2.75, 3.05) is 11.5 Å². The fraction of sp³-hybridized carbons (Fsp3) is 0.448. The van der Waals surface area contributed by atoms with Crippen molar-refractivity contribution in [1.82, 2.24) is 15.3 Å². The quantitative estimate of drug-likeness (QED) is 0.254. The molecule has 1 aromatic carbocycles. The van der Waals surface area contributed by atoms with E-state index in [1.54, 1.807) is 6.92 Å². The fourth-order valence-corrected chi connectivity index (χ4v) is 18.3. The molecule has 3 aromatic rings. The first kappa shape index (κ1) is 26.5. The molecule has 0 bridgehead atoms. The Morgan fingerprint density at radius 2 is 2.05 bits per heavy atom. The summed E-state index contributed by atoms with van der Waals surface area (Å²) in [5, 5.41) is 12.8. The maximum absolute atomic E-state index is 11.4. The van der Waals surface area contributed by atoms with Gasteiger partial charge in [0.15, 0.2) is 0 Å². The van der Waals surface area contributed by atoms with E-state index in [9.17, 15) is 9.90 Å². The van der Waals surface area contributed by atoms with Crippen molar-refractivity contribution >= 4 is 42.3 Å². The minimum atomic E-state index is -1.14. The zero-order chi connectivity index (χ0) is 26.2. The Morgan fingerprint density at radius 3 is 2.68 bits per heavy atom. The normalized spacial score (nSPS) is 25.3. The molecule has 0 spiro atoms. The molecule has 3 N–H and O–H groups in total. The topological polar surface area (TPSA) is 96.5 Å². The predicted molar refractivity (Wildman–Crippen MR) is 154 cm³/mol. The summed E-state index contributed by atoms with van der Waals surface area (Å²) < 4.78 is 16.3. The van der Waals surface area contributed by atoms with Crippen LogP contribution in [0.5, 0.6) is 5.88 Å². The Labute approximate surface area is 240 Å². The van der Waals surface area contributed by atoms with Crippen molar-refractivity contribution in [2.24, 2.45) is 0 Å². The van der Waals surface area contributed by atoms with Gasteiger partial charge in [-0.05, 0) is 0 Å². The molecule has 1 aliphatic carbocycles. The van der Waals surface area contributed by atoms with Crippen LogP contribution in [0.3, 0.4) is 0 Å². The molecule has 0 saturated carbocycles. The second kappa shape index (κ2) is 11.4. The van der Waals surface area contributed by atoms with E-state index in [2.05, 4.69) is 46.7 Å². The van der Waals surface area contributed by atoms with Crippen LogP contribution >= 0.6 is 19.8 Å². The van der Waals surface area contributed by atoms with Crippen LogP contribution in [0, 0.1) is 3.57 Å². The van der Waals surface area contributed by atoms with Gasteiger partial charge in [0.25, 0.3) is 0 Å². The number of ether oxygens (including phenoxy) is 2. The van der Waals surface area contributed by atoms with Crippen molar-refractivity contribution in [2.45, 2.75) is 63.9 Å². The van der Waals surface area contributed by atoms with Crippen LogP contribution in [0.15, 0.2) is 42.5 Å². The van der Waals surface area contributed by atoms with Crippen molar-refractivity contribution < 1.29 is 40.6 Å². The number of hydrogen-bond acceptors (Lipinski definition) is 5. The molecule has 1 amide bonds. The van der Waals surface area contributed by atoms with E-state index >= 15 is 0 Å². The van der Waals surface area contributed by atoms with Gasteiger partial charge in [-0.1, -0.05) is 0 Å². The Hall–Kier alpha value is -1.70. The van der Waals surface area contributed by atoms with Crippen molar-refractivity contribution in [3.05, 3.63) is 51.6 Å². The summed E-state index contributed by atoms with van der Waals surface area (Å²) >= 11 is -0.748. The Balaban J connectivity index is 1.24. The number of amides is 1. The van der Waals surface area contributed by atoms with Crippen LogP contribution in [0.25, 0.3) is 27.9 Å². The second-order valence-corrected chi connectivity index (χ2v) is 24.0. The standard InChI is InChI=1S/C29H34I2N3O4/c1-17(27-11-23(36)14-37-27)38-28-13-26-25(33-28)12-24(31-15-30-16-31)29(34-26)21-5-3-19(4-6-21)20-7-9-22(10-8-20)32-18(2)35/h3-7,12-13,17,22-23,27,33,36H,8-11,14-16H2,1-2H3,(H,32,35)/q-1/t17-,22?,23+,27+/m1/s1. The Bertz CT molecular complexity index is 1350. The average Bonchev–Trinajstić information content (AvgIpc) is 3.48. The van der Waals surface area contributed by atoms with E-state index in [1.807, 2.05) is 13.0 Å². The van der Waals surface area contributed by atoms with Gasteiger partial charge in [0, 0.05) is 6.92 Å². The van der Waals surface area contributed by atoms with Crippen LogP contribution < -0.4 is 31.3 Å². The number of aromatic nitrogens is 2. The third kappa shape index (κ3) is 5.75. The monoisotopic (exact) mass is 742 g/mol. The predicted octanol–water partition coefficient (Wildman–Crippen LogP) is 1.91. The molecule has 0 radical (unpaired) electrons. The fourth-order valence-electron chi connectivity index (χ4n) is 5.33. The number of nitrogens with one attached hydrogen (secondary N) is 2. The number of carbonyl (C=O) groups is 1. The van der Waals surface area contributed by atoms with Gasteiger partial charge in [0.05, 0.1) is 0 Å². The molecule has 9 heteroatoms. The number of pyridine rings is 1. The van der Waals surface area contributed by atoms with Crippen LogP contribution in [-0.4, -0.2) is 56.8 Å². The molecule has 3 aliphatic rings. The zero-order valence-electron chi connectivity index (χ0n) is 21.7. The van der Waals surface area contributed by atoms with E-state index in [0.717, 1.165) is 36.0 Å². The third-order valence-electron chi connectivity index (χ3n) is 7.40. The third-order valence-corrected chi connectivity index (χ3v) is 26.9. The minimum absolute atomic E-state index is 0.0485. The first-order valence-corrected chi connectivity index (χ1v) is 20.3. The molecule has 4 atom stereocenters. The average molecular weight is 742 g/mol. The van der Waals surface area contributed by atoms with Gasteiger partial charge in [-0.25, -0.2) is 0 Å². The summed E-state index contributed by atoms with van der Waals surface area (Å²) in [6.45, 7) is 3.96. The van der Waals surface area contributed by atoms with Gasteiger partial charge in [-0.2, -0.15) is 0 Å². The Morgan fingerprint density at radius 1 is 1.26 bits per heavy atom. The maximum atomic E-state index is 11.4. The Kier molecular flexibility index (Phi) is 7.97. The first-order chi connectivity index (χ1) is 18.4. The molecule has 2 saturated heterocycles. The van der Waals surface area contributed by atoms with Gasteiger partial charge in [-0.3, -0.25) is 4.79 Å². The summed E-state index contributed by atoms with van der Waals surface area (Å²) in [4.78, 5) is 20.0. The van der Waals surface area contributed by atoms with E-state index < -0.39 is 25.9 Å². The number of H-pyrrole nitrogens is 1. The molecule has 7 nitrogen and oxygen atoms in total. The van der Waals surface area contributed by atoms with Gasteiger partial charge < -0.3 is 0 Å². The van der Waals surface area contributed by atoms with Crippen molar-refractivity contribution in [3.8, 4) is 17.1 Å². The number of halogens is 2. The van der Waals surface area contributed by atoms with Crippen LogP contribution in [0.4, 0.5) is 0 Å². The van der Waals surface area contributed by atoms with Crippen LogP contribution in [0.1, 0.15) is 45.1 Å². The molecule has 204 valence electrons. The summed E-state index contributed by atoms with van der Waals surface area (Å²) in [5.74, 6) is 0.752. The number of benzene rings is 1. The molecule has 2 fully saturated rings.